The molecule has 0 amide bonds. The smallest absolute Gasteiger partial charge is 0.342 e. The van der Waals surface area contributed by atoms with Gasteiger partial charge in [0.15, 0.2) is 0 Å². The maximum Gasteiger partial charge on any atom is 0.342 e. The van der Waals surface area contributed by atoms with Gasteiger partial charge in [-0.25, -0.2) is 4.79 Å². The van der Waals surface area contributed by atoms with Crippen LogP contribution in [0.4, 0.5) is 0 Å². The Bertz CT molecular complexity index is 254. The van der Waals surface area contributed by atoms with Crippen molar-refractivity contribution in [2.75, 3.05) is 12.9 Å². The molecule has 1 aliphatic heterocycles. The summed E-state index contributed by atoms with van der Waals surface area (Å²) in [5.41, 5.74) is 0. The molecule has 0 radical (unpaired) electrons. The summed E-state index contributed by atoms with van der Waals surface area (Å²) in [6, 6.07) is 0. The standard InChI is InChI=1S/C10H16O2S/c1-8(2)7-13-6-4-5-9(13)10(11)12-3/h4-6,8,13H,7H2,1-3H3. The Morgan fingerprint density at radius 1 is 1.62 bits per heavy atom. The summed E-state index contributed by atoms with van der Waals surface area (Å²) in [6.07, 6.45) is 3.83. The molecule has 2 nitrogen and oxygen atoms in total. The first kappa shape index (κ1) is 10.4. The molecule has 0 bridgehead atoms. The number of ether oxygens (including phenoxy) is 1. The monoisotopic (exact) mass is 200 g/mol. The van der Waals surface area contributed by atoms with E-state index in [0.717, 1.165) is 10.7 Å². The fourth-order valence-corrected chi connectivity index (χ4v) is 3.42. The number of hydrogen-bond acceptors (Lipinski definition) is 2. The minimum Gasteiger partial charge on any atom is -0.465 e. The normalized spacial score (nSPS) is 23.4. The molecule has 0 aromatic rings. The van der Waals surface area contributed by atoms with Gasteiger partial charge in [0.2, 0.25) is 0 Å². The van der Waals surface area contributed by atoms with Gasteiger partial charge in [-0.15, -0.1) is 0 Å². The Balaban J connectivity index is 2.61. The van der Waals surface area contributed by atoms with Crippen molar-refractivity contribution in [3.8, 4) is 0 Å². The minimum absolute atomic E-state index is 0.170. The molecule has 1 unspecified atom stereocenters. The molecule has 1 atom stereocenters. The molecule has 0 saturated carbocycles. The van der Waals surface area contributed by atoms with Crippen molar-refractivity contribution in [1.82, 2.24) is 0 Å². The van der Waals surface area contributed by atoms with Gasteiger partial charge in [-0.05, 0) is 23.2 Å². The number of carbonyl (C=O) groups excluding carboxylic acids is 1. The molecule has 1 aliphatic rings. The Labute approximate surface area is 82.0 Å². The number of methoxy groups -OCH3 is 1. The van der Waals surface area contributed by atoms with E-state index < -0.39 is 0 Å². The third-order valence-corrected chi connectivity index (χ3v) is 4.39. The molecule has 3 heteroatoms. The lowest BCUT2D eigenvalue weighted by atomic mass is 10.3. The van der Waals surface area contributed by atoms with Gasteiger partial charge in [-0.1, -0.05) is 19.9 Å². The van der Waals surface area contributed by atoms with Crippen molar-refractivity contribution in [3.05, 3.63) is 22.5 Å². The van der Waals surface area contributed by atoms with E-state index in [1.165, 1.54) is 7.11 Å². The van der Waals surface area contributed by atoms with Crippen LogP contribution in [0.15, 0.2) is 22.5 Å². The van der Waals surface area contributed by atoms with Gasteiger partial charge >= 0.3 is 5.97 Å². The van der Waals surface area contributed by atoms with E-state index in [0.29, 0.717) is 5.92 Å². The Morgan fingerprint density at radius 2 is 2.31 bits per heavy atom. The van der Waals surface area contributed by atoms with Crippen LogP contribution in [0.2, 0.25) is 0 Å². The molecule has 0 aliphatic carbocycles. The van der Waals surface area contributed by atoms with Gasteiger partial charge < -0.3 is 4.74 Å². The zero-order valence-corrected chi connectivity index (χ0v) is 9.17. The predicted octanol–water partition coefficient (Wildman–Crippen LogP) is 2.23. The highest BCUT2D eigenvalue weighted by atomic mass is 32.2. The highest BCUT2D eigenvalue weighted by molar-refractivity contribution is 8.23. The lowest BCUT2D eigenvalue weighted by Crippen LogP contribution is -2.06. The molecule has 74 valence electrons. The first-order valence-electron chi connectivity index (χ1n) is 4.38. The summed E-state index contributed by atoms with van der Waals surface area (Å²) in [7, 11) is 1.05. The predicted molar refractivity (Wildman–Crippen MR) is 57.9 cm³/mol. The van der Waals surface area contributed by atoms with Gasteiger partial charge in [0.05, 0.1) is 12.0 Å². The Kier molecular flexibility index (Phi) is 3.60. The average Bonchev–Trinajstić information content (AvgIpc) is 2.50. The number of allylic oxidation sites excluding steroid dienone is 2. The zero-order valence-electron chi connectivity index (χ0n) is 8.28. The van der Waals surface area contributed by atoms with E-state index in [9.17, 15) is 4.79 Å². The molecule has 0 N–H and O–H groups in total. The molecule has 0 aromatic carbocycles. The highest BCUT2D eigenvalue weighted by Crippen LogP contribution is 2.42. The second kappa shape index (κ2) is 4.51. The van der Waals surface area contributed by atoms with Crippen LogP contribution in [0.25, 0.3) is 0 Å². The summed E-state index contributed by atoms with van der Waals surface area (Å²) in [5.74, 6) is 1.53. The minimum atomic E-state index is -0.387. The van der Waals surface area contributed by atoms with Crippen LogP contribution in [-0.4, -0.2) is 18.8 Å². The SMILES string of the molecule is COC(=O)C1=CC=C[SH]1CC(C)C. The summed E-state index contributed by atoms with van der Waals surface area (Å²) < 4.78 is 4.71. The first-order valence-corrected chi connectivity index (χ1v) is 5.98. The summed E-state index contributed by atoms with van der Waals surface area (Å²) in [6.45, 7) is 4.34. The second-order valence-corrected chi connectivity index (χ2v) is 5.52. The molecule has 1 heterocycles. The van der Waals surface area contributed by atoms with E-state index in [1.807, 2.05) is 12.2 Å². The van der Waals surface area contributed by atoms with Crippen molar-refractivity contribution in [2.45, 2.75) is 13.8 Å². The third-order valence-electron chi connectivity index (χ3n) is 1.79. The van der Waals surface area contributed by atoms with Gasteiger partial charge in [0, 0.05) is 0 Å². The first-order chi connectivity index (χ1) is 6.15. The lowest BCUT2D eigenvalue weighted by molar-refractivity contribution is -0.135. The summed E-state index contributed by atoms with van der Waals surface area (Å²) in [5, 5.41) is 2.13. The summed E-state index contributed by atoms with van der Waals surface area (Å²) >= 11 is 0. The molecular formula is C10H16O2S. The van der Waals surface area contributed by atoms with Crippen LogP contribution in [0.5, 0.6) is 0 Å². The van der Waals surface area contributed by atoms with Gasteiger partial charge in [0.25, 0.3) is 0 Å². The number of hydrogen-bond donors (Lipinski definition) is 1. The van der Waals surface area contributed by atoms with Crippen molar-refractivity contribution >= 4 is 16.9 Å². The summed E-state index contributed by atoms with van der Waals surface area (Å²) in [4.78, 5) is 12.1. The number of carbonyl (C=O) groups is 1. The maximum absolute atomic E-state index is 11.3. The van der Waals surface area contributed by atoms with E-state index in [1.54, 1.807) is 0 Å². The molecule has 0 fully saturated rings. The Hall–Kier alpha value is -0.700. The van der Waals surface area contributed by atoms with Gasteiger partial charge in [-0.2, -0.15) is 10.9 Å². The van der Waals surface area contributed by atoms with E-state index in [4.69, 9.17) is 4.74 Å². The largest absolute Gasteiger partial charge is 0.465 e. The van der Waals surface area contributed by atoms with Crippen LogP contribution < -0.4 is 0 Å². The fraction of sp³-hybridized carbons (Fsp3) is 0.500. The molecule has 13 heavy (non-hydrogen) atoms. The topological polar surface area (TPSA) is 26.3 Å². The molecule has 0 spiro atoms. The lowest BCUT2D eigenvalue weighted by Gasteiger charge is -2.18. The van der Waals surface area contributed by atoms with Crippen LogP contribution >= 0.6 is 10.9 Å². The number of thiol groups is 1. The van der Waals surface area contributed by atoms with Crippen molar-refractivity contribution in [3.63, 3.8) is 0 Å². The molecular weight excluding hydrogens is 184 g/mol. The van der Waals surface area contributed by atoms with E-state index in [2.05, 4.69) is 19.3 Å². The van der Waals surface area contributed by atoms with Crippen LogP contribution in [0.1, 0.15) is 13.8 Å². The van der Waals surface area contributed by atoms with Gasteiger partial charge in [-0.3, -0.25) is 0 Å². The molecule has 0 aromatic heterocycles. The molecule has 0 saturated heterocycles. The van der Waals surface area contributed by atoms with Crippen molar-refractivity contribution in [2.24, 2.45) is 5.92 Å². The van der Waals surface area contributed by atoms with Crippen molar-refractivity contribution < 1.29 is 9.53 Å². The fourth-order valence-electron chi connectivity index (χ4n) is 1.26. The maximum atomic E-state index is 11.3. The molecule has 1 rings (SSSR count). The quantitative estimate of drug-likeness (QED) is 0.558. The van der Waals surface area contributed by atoms with Gasteiger partial charge in [0.1, 0.15) is 0 Å². The van der Waals surface area contributed by atoms with Crippen LogP contribution in [0, 0.1) is 5.92 Å². The number of esters is 1. The average molecular weight is 200 g/mol. The van der Waals surface area contributed by atoms with E-state index >= 15 is 0 Å². The van der Waals surface area contributed by atoms with Crippen LogP contribution in [-0.2, 0) is 9.53 Å². The number of rotatable bonds is 3. The zero-order chi connectivity index (χ0) is 9.84. The van der Waals surface area contributed by atoms with Crippen molar-refractivity contribution in [1.29, 1.82) is 0 Å². The van der Waals surface area contributed by atoms with E-state index in [-0.39, 0.29) is 16.9 Å². The van der Waals surface area contributed by atoms with Crippen LogP contribution in [0.3, 0.4) is 0 Å². The Morgan fingerprint density at radius 3 is 2.85 bits per heavy atom. The second-order valence-electron chi connectivity index (χ2n) is 3.43. The highest BCUT2D eigenvalue weighted by Gasteiger charge is 2.19. The third kappa shape index (κ3) is 2.62.